The highest BCUT2D eigenvalue weighted by Gasteiger charge is 2.53. The molecule has 1 aromatic carbocycles. The summed E-state index contributed by atoms with van der Waals surface area (Å²) < 4.78 is 6.44. The summed E-state index contributed by atoms with van der Waals surface area (Å²) in [6.07, 6.45) is 1.68. The first-order chi connectivity index (χ1) is 10.2. The second-order valence-corrected chi connectivity index (χ2v) is 7.41. The Morgan fingerprint density at radius 2 is 1.77 bits per heavy atom. The number of carbonyl (C=O) groups is 1. The summed E-state index contributed by atoms with van der Waals surface area (Å²) in [6, 6.07) is 8.20. The predicted octanol–water partition coefficient (Wildman–Crippen LogP) is 3.71. The van der Waals surface area contributed by atoms with Crippen LogP contribution in [-0.4, -0.2) is 31.3 Å². The fraction of sp³-hybridized carbons (Fsp3) is 0.632. The van der Waals surface area contributed by atoms with Gasteiger partial charge in [-0.1, -0.05) is 38.1 Å². The average molecular weight is 303 g/mol. The van der Waals surface area contributed by atoms with Crippen LogP contribution >= 0.6 is 0 Å². The van der Waals surface area contributed by atoms with Crippen LogP contribution in [0.2, 0.25) is 0 Å². The van der Waals surface area contributed by atoms with Crippen LogP contribution in [0.4, 0.5) is 0 Å². The molecule has 1 aliphatic heterocycles. The topological polar surface area (TPSA) is 29.5 Å². The molecular formula is C19H29NO2. The maximum absolute atomic E-state index is 13.1. The summed E-state index contributed by atoms with van der Waals surface area (Å²) in [4.78, 5) is 15.2. The van der Waals surface area contributed by atoms with Gasteiger partial charge in [0.05, 0.1) is 5.60 Å². The molecule has 0 amide bonds. The van der Waals surface area contributed by atoms with Gasteiger partial charge >= 0.3 is 0 Å². The number of nitrogens with zero attached hydrogens (tertiary/aromatic N) is 1. The summed E-state index contributed by atoms with van der Waals surface area (Å²) in [5.41, 5.74) is 1.01. The van der Waals surface area contributed by atoms with E-state index in [4.69, 9.17) is 4.74 Å². The van der Waals surface area contributed by atoms with Crippen molar-refractivity contribution in [1.82, 2.24) is 4.90 Å². The Balaban J connectivity index is 2.44. The lowest BCUT2D eigenvalue weighted by molar-refractivity contribution is -0.168. The highest BCUT2D eigenvalue weighted by Crippen LogP contribution is 2.50. The highest BCUT2D eigenvalue weighted by molar-refractivity contribution is 5.91. The number of rotatable bonds is 6. The molecule has 1 aromatic rings. The molecule has 0 fully saturated rings. The molecule has 0 bridgehead atoms. The Hall–Kier alpha value is -1.19. The van der Waals surface area contributed by atoms with Crippen LogP contribution in [-0.2, 0) is 20.7 Å². The van der Waals surface area contributed by atoms with Crippen molar-refractivity contribution in [3.05, 3.63) is 35.4 Å². The van der Waals surface area contributed by atoms with Crippen LogP contribution in [0.1, 0.15) is 51.7 Å². The molecule has 0 saturated carbocycles. The second-order valence-electron chi connectivity index (χ2n) is 7.41. The van der Waals surface area contributed by atoms with Gasteiger partial charge in [0, 0.05) is 5.92 Å². The Morgan fingerprint density at radius 3 is 2.32 bits per heavy atom. The number of fused-ring (bicyclic) bond motifs is 1. The number of ketones is 1. The lowest BCUT2D eigenvalue weighted by atomic mass is 9.79. The molecule has 1 heterocycles. The number of carbonyl (C=O) groups excluding carboxylic acids is 1. The molecule has 1 unspecified atom stereocenters. The highest BCUT2D eigenvalue weighted by atomic mass is 16.5. The molecule has 0 saturated heterocycles. The zero-order chi connectivity index (χ0) is 16.5. The second kappa shape index (κ2) is 6.13. The molecule has 0 N–H and O–H groups in total. The Kier molecular flexibility index (Phi) is 4.78. The Bertz CT molecular complexity index is 548. The van der Waals surface area contributed by atoms with E-state index in [1.165, 1.54) is 0 Å². The van der Waals surface area contributed by atoms with E-state index in [0.717, 1.165) is 30.5 Å². The van der Waals surface area contributed by atoms with Crippen molar-refractivity contribution in [3.63, 3.8) is 0 Å². The normalized spacial score (nSPS) is 23.1. The third kappa shape index (κ3) is 2.97. The maximum atomic E-state index is 13.1. The first kappa shape index (κ1) is 17.2. The van der Waals surface area contributed by atoms with Crippen molar-refractivity contribution in [2.45, 2.75) is 51.7 Å². The fourth-order valence-electron chi connectivity index (χ4n) is 3.51. The minimum absolute atomic E-state index is 0.0405. The van der Waals surface area contributed by atoms with Gasteiger partial charge < -0.3 is 9.64 Å². The third-order valence-corrected chi connectivity index (χ3v) is 4.50. The standard InChI is InChI=1S/C19H29NO2/c1-14(2)17(21)19(12-9-13-20(5)6)16-11-8-7-10-15(16)18(3,4)22-19/h7-8,10-11,14H,9,12-13H2,1-6H3. The van der Waals surface area contributed by atoms with Crippen LogP contribution in [0.5, 0.6) is 0 Å². The molecule has 3 heteroatoms. The van der Waals surface area contributed by atoms with E-state index in [1.54, 1.807) is 0 Å². The van der Waals surface area contributed by atoms with Gasteiger partial charge in [0.15, 0.2) is 11.4 Å². The third-order valence-electron chi connectivity index (χ3n) is 4.50. The number of hydrogen-bond acceptors (Lipinski definition) is 3. The Labute approximate surface area is 134 Å². The molecule has 0 aliphatic carbocycles. The van der Waals surface area contributed by atoms with Crippen molar-refractivity contribution in [2.24, 2.45) is 5.92 Å². The van der Waals surface area contributed by atoms with Crippen LogP contribution in [0.15, 0.2) is 24.3 Å². The zero-order valence-corrected chi connectivity index (χ0v) is 14.8. The van der Waals surface area contributed by atoms with Gasteiger partial charge in [0.25, 0.3) is 0 Å². The van der Waals surface area contributed by atoms with Crippen LogP contribution in [0.3, 0.4) is 0 Å². The minimum Gasteiger partial charge on any atom is -0.352 e. The molecule has 2 rings (SSSR count). The summed E-state index contributed by atoms with van der Waals surface area (Å²) in [5.74, 6) is 0.158. The van der Waals surface area contributed by atoms with Crippen LogP contribution < -0.4 is 0 Å². The molecule has 0 spiro atoms. The van der Waals surface area contributed by atoms with Crippen molar-refractivity contribution < 1.29 is 9.53 Å². The summed E-state index contributed by atoms with van der Waals surface area (Å²) in [6.45, 7) is 9.01. The van der Waals surface area contributed by atoms with Crippen molar-refractivity contribution in [3.8, 4) is 0 Å². The van der Waals surface area contributed by atoms with Gasteiger partial charge in [0.2, 0.25) is 0 Å². The zero-order valence-electron chi connectivity index (χ0n) is 14.8. The molecule has 22 heavy (non-hydrogen) atoms. The summed E-state index contributed by atoms with van der Waals surface area (Å²) in [5, 5.41) is 0. The first-order valence-corrected chi connectivity index (χ1v) is 8.20. The number of Topliss-reactive ketones (excluding diaryl/α,β-unsaturated/α-hetero) is 1. The number of ether oxygens (including phenoxy) is 1. The van der Waals surface area contributed by atoms with Gasteiger partial charge in [-0.25, -0.2) is 0 Å². The van der Waals surface area contributed by atoms with Gasteiger partial charge in [-0.3, -0.25) is 4.79 Å². The molecule has 0 radical (unpaired) electrons. The van der Waals surface area contributed by atoms with E-state index in [9.17, 15) is 4.79 Å². The molecule has 0 aromatic heterocycles. The maximum Gasteiger partial charge on any atom is 0.171 e. The molecule has 122 valence electrons. The van der Waals surface area contributed by atoms with Gasteiger partial charge in [0.1, 0.15) is 0 Å². The quantitative estimate of drug-likeness (QED) is 0.802. The average Bonchev–Trinajstić information content (AvgIpc) is 2.67. The van der Waals surface area contributed by atoms with E-state index in [1.807, 2.05) is 26.0 Å². The molecule has 1 atom stereocenters. The van der Waals surface area contributed by atoms with E-state index >= 15 is 0 Å². The minimum atomic E-state index is -0.787. The van der Waals surface area contributed by atoms with Gasteiger partial charge in [-0.15, -0.1) is 0 Å². The SMILES string of the molecule is CC(C)C(=O)C1(CCCN(C)C)OC(C)(C)c2ccccc21. The largest absolute Gasteiger partial charge is 0.352 e. The van der Waals surface area contributed by atoms with E-state index in [-0.39, 0.29) is 11.7 Å². The Morgan fingerprint density at radius 1 is 1.18 bits per heavy atom. The van der Waals surface area contributed by atoms with E-state index < -0.39 is 11.2 Å². The van der Waals surface area contributed by atoms with Gasteiger partial charge in [-0.05, 0) is 58.5 Å². The van der Waals surface area contributed by atoms with Crippen LogP contribution in [0, 0.1) is 5.92 Å². The monoisotopic (exact) mass is 303 g/mol. The fourth-order valence-corrected chi connectivity index (χ4v) is 3.51. The van der Waals surface area contributed by atoms with E-state index in [0.29, 0.717) is 0 Å². The van der Waals surface area contributed by atoms with Crippen LogP contribution in [0.25, 0.3) is 0 Å². The predicted molar refractivity (Wildman–Crippen MR) is 89.9 cm³/mol. The van der Waals surface area contributed by atoms with Crippen molar-refractivity contribution >= 4 is 5.78 Å². The molecular weight excluding hydrogens is 274 g/mol. The summed E-state index contributed by atoms with van der Waals surface area (Å²) >= 11 is 0. The number of benzene rings is 1. The first-order valence-electron chi connectivity index (χ1n) is 8.20. The van der Waals surface area contributed by atoms with Gasteiger partial charge in [-0.2, -0.15) is 0 Å². The lowest BCUT2D eigenvalue weighted by Gasteiger charge is -2.33. The molecule has 1 aliphatic rings. The van der Waals surface area contributed by atoms with Crippen molar-refractivity contribution in [2.75, 3.05) is 20.6 Å². The van der Waals surface area contributed by atoms with E-state index in [2.05, 4.69) is 45.0 Å². The number of hydrogen-bond donors (Lipinski definition) is 0. The molecule has 3 nitrogen and oxygen atoms in total. The lowest BCUT2D eigenvalue weighted by Crippen LogP contribution is -2.41. The summed E-state index contributed by atoms with van der Waals surface area (Å²) in [7, 11) is 4.12. The van der Waals surface area contributed by atoms with Crippen molar-refractivity contribution in [1.29, 1.82) is 0 Å². The smallest absolute Gasteiger partial charge is 0.171 e.